The summed E-state index contributed by atoms with van der Waals surface area (Å²) >= 11 is 0. The molecule has 0 amide bonds. The zero-order valence-electron chi connectivity index (χ0n) is 10.3. The molecule has 0 aliphatic heterocycles. The van der Waals surface area contributed by atoms with Crippen molar-refractivity contribution in [1.29, 1.82) is 0 Å². The van der Waals surface area contributed by atoms with Gasteiger partial charge in [0.1, 0.15) is 0 Å². The minimum Gasteiger partial charge on any atom is -0.304 e. The van der Waals surface area contributed by atoms with Crippen LogP contribution >= 0.6 is 0 Å². The van der Waals surface area contributed by atoms with Crippen LogP contribution in [0, 0.1) is 0 Å². The van der Waals surface area contributed by atoms with Crippen molar-refractivity contribution >= 4 is 8.96 Å². The van der Waals surface area contributed by atoms with Crippen molar-refractivity contribution in [1.82, 2.24) is 5.01 Å². The van der Waals surface area contributed by atoms with E-state index in [9.17, 15) is 0 Å². The molecule has 0 aliphatic carbocycles. The minimum atomic E-state index is -0.651. The van der Waals surface area contributed by atoms with Crippen molar-refractivity contribution in [2.24, 2.45) is 0 Å². The van der Waals surface area contributed by atoms with Crippen molar-refractivity contribution < 1.29 is 4.26 Å². The Hall–Kier alpha value is 0.137. The van der Waals surface area contributed by atoms with Gasteiger partial charge in [-0.15, -0.1) is 0 Å². The topological polar surface area (TPSA) is 3.24 Å². The highest BCUT2D eigenvalue weighted by atomic mass is 28.3. The highest BCUT2D eigenvalue weighted by Gasteiger charge is 2.34. The Morgan fingerprint density at radius 3 is 1.38 bits per heavy atom. The van der Waals surface area contributed by atoms with Crippen LogP contribution in [0.1, 0.15) is 27.7 Å². The zero-order chi connectivity index (χ0) is 10.5. The molecule has 3 heteroatoms. The van der Waals surface area contributed by atoms with Gasteiger partial charge in [0.2, 0.25) is 0 Å². The fraction of sp³-hybridized carbons (Fsp3) is 1.00. The van der Waals surface area contributed by atoms with Gasteiger partial charge in [0.05, 0.1) is 13.1 Å². The van der Waals surface area contributed by atoms with E-state index in [4.69, 9.17) is 0 Å². The van der Waals surface area contributed by atoms with Crippen LogP contribution in [-0.2, 0) is 0 Å². The monoisotopic (exact) mass is 203 g/mol. The molecular formula is C10H27N2Si+. The first-order valence-corrected chi connectivity index (χ1v) is 8.53. The summed E-state index contributed by atoms with van der Waals surface area (Å²) < 4.78 is 1.27. The second-order valence-corrected chi connectivity index (χ2v) is 7.00. The lowest BCUT2D eigenvalue weighted by Gasteiger charge is -2.48. The summed E-state index contributed by atoms with van der Waals surface area (Å²) in [5, 5.41) is 2.62. The van der Waals surface area contributed by atoms with Gasteiger partial charge in [0.15, 0.2) is 0 Å². The lowest BCUT2D eigenvalue weighted by molar-refractivity contribution is -0.944. The Balaban J connectivity index is 4.71. The van der Waals surface area contributed by atoms with Crippen molar-refractivity contribution in [3.05, 3.63) is 0 Å². The molecule has 0 unspecified atom stereocenters. The third-order valence-electron chi connectivity index (χ3n) is 3.35. The molecule has 0 rings (SSSR count). The quantitative estimate of drug-likeness (QED) is 0.472. The van der Waals surface area contributed by atoms with E-state index in [1.165, 1.54) is 30.4 Å². The van der Waals surface area contributed by atoms with E-state index in [2.05, 4.69) is 45.8 Å². The van der Waals surface area contributed by atoms with Crippen LogP contribution in [0.2, 0.25) is 13.1 Å². The first-order valence-electron chi connectivity index (χ1n) is 5.71. The molecule has 0 aromatic carbocycles. The highest BCUT2D eigenvalue weighted by molar-refractivity contribution is 6.47. The van der Waals surface area contributed by atoms with Gasteiger partial charge in [-0.1, -0.05) is 0 Å². The van der Waals surface area contributed by atoms with Crippen LogP contribution in [-0.4, -0.2) is 44.4 Å². The van der Waals surface area contributed by atoms with E-state index < -0.39 is 8.96 Å². The van der Waals surface area contributed by atoms with Crippen LogP contribution in [0.5, 0.6) is 0 Å². The standard InChI is InChI=1S/C10H27N2Si/c1-7-11(8-2)12(9-3,10-4)13(5)6/h13H,7-10H2,1-6H3/q+1. The summed E-state index contributed by atoms with van der Waals surface area (Å²) in [5.41, 5.74) is 0. The van der Waals surface area contributed by atoms with Crippen LogP contribution in [0.15, 0.2) is 0 Å². The normalized spacial score (nSPS) is 12.9. The summed E-state index contributed by atoms with van der Waals surface area (Å²) in [6, 6.07) is 0. The molecule has 0 saturated carbocycles. The molecular weight excluding hydrogens is 176 g/mol. The third-order valence-corrected chi connectivity index (χ3v) is 6.33. The van der Waals surface area contributed by atoms with Crippen LogP contribution in [0.4, 0.5) is 0 Å². The zero-order valence-corrected chi connectivity index (χ0v) is 11.5. The number of rotatable bonds is 6. The maximum absolute atomic E-state index is 2.62. The van der Waals surface area contributed by atoms with Gasteiger partial charge in [0, 0.05) is 13.1 Å². The predicted molar refractivity (Wildman–Crippen MR) is 63.1 cm³/mol. The van der Waals surface area contributed by atoms with Gasteiger partial charge in [-0.3, -0.25) is 0 Å². The van der Waals surface area contributed by atoms with Gasteiger partial charge in [-0.2, -0.15) is 5.01 Å². The molecule has 0 saturated heterocycles. The smallest absolute Gasteiger partial charge is 0.283 e. The molecule has 0 spiro atoms. The Kier molecular flexibility index (Phi) is 5.84. The third kappa shape index (κ3) is 2.54. The van der Waals surface area contributed by atoms with E-state index in [0.29, 0.717) is 0 Å². The molecule has 2 nitrogen and oxygen atoms in total. The first kappa shape index (κ1) is 13.1. The van der Waals surface area contributed by atoms with Crippen LogP contribution in [0.3, 0.4) is 0 Å². The Bertz CT molecular complexity index is 129. The maximum atomic E-state index is 2.62. The molecule has 0 aromatic heterocycles. The fourth-order valence-corrected chi connectivity index (χ4v) is 4.91. The number of hydrogen-bond donors (Lipinski definition) is 0. The average molecular weight is 203 g/mol. The molecule has 0 bridgehead atoms. The molecule has 0 aliphatic rings. The Labute approximate surface area is 85.8 Å². The van der Waals surface area contributed by atoms with Crippen LogP contribution < -0.4 is 0 Å². The van der Waals surface area contributed by atoms with Gasteiger partial charge < -0.3 is 4.26 Å². The van der Waals surface area contributed by atoms with E-state index in [0.717, 1.165) is 0 Å². The van der Waals surface area contributed by atoms with E-state index >= 15 is 0 Å². The molecule has 0 atom stereocenters. The second kappa shape index (κ2) is 5.78. The molecule has 0 aromatic rings. The molecule has 80 valence electrons. The lowest BCUT2D eigenvalue weighted by Crippen LogP contribution is -2.65. The van der Waals surface area contributed by atoms with Crippen LogP contribution in [0.25, 0.3) is 0 Å². The SMILES string of the molecule is CCN(CC)[N+](CC)(CC)[SiH](C)C. The second-order valence-electron chi connectivity index (χ2n) is 3.85. The fourth-order valence-electron chi connectivity index (χ4n) is 2.47. The Morgan fingerprint density at radius 1 is 0.923 bits per heavy atom. The van der Waals surface area contributed by atoms with Crippen molar-refractivity contribution in [3.63, 3.8) is 0 Å². The number of nitrogens with zero attached hydrogens (tertiary/aromatic N) is 2. The van der Waals surface area contributed by atoms with E-state index in [1.807, 2.05) is 0 Å². The van der Waals surface area contributed by atoms with E-state index in [1.54, 1.807) is 0 Å². The average Bonchev–Trinajstić information content (AvgIpc) is 2.13. The molecule has 0 N–H and O–H groups in total. The van der Waals surface area contributed by atoms with Crippen molar-refractivity contribution in [2.45, 2.75) is 40.8 Å². The summed E-state index contributed by atoms with van der Waals surface area (Å²) in [6.07, 6.45) is 0. The summed E-state index contributed by atoms with van der Waals surface area (Å²) in [5.74, 6) is 0. The predicted octanol–water partition coefficient (Wildman–Crippen LogP) is 2.08. The van der Waals surface area contributed by atoms with Gasteiger partial charge in [-0.05, 0) is 40.8 Å². The Morgan fingerprint density at radius 2 is 1.31 bits per heavy atom. The summed E-state index contributed by atoms with van der Waals surface area (Å²) in [7, 11) is -0.651. The molecule has 13 heavy (non-hydrogen) atoms. The molecule has 0 fully saturated rings. The summed E-state index contributed by atoms with van der Waals surface area (Å²) in [4.78, 5) is 0. The van der Waals surface area contributed by atoms with Gasteiger partial charge in [-0.25, -0.2) is 0 Å². The van der Waals surface area contributed by atoms with Crippen molar-refractivity contribution in [2.75, 3.05) is 26.2 Å². The lowest BCUT2D eigenvalue weighted by atomic mass is 10.5. The minimum absolute atomic E-state index is 0.651. The van der Waals surface area contributed by atoms with Gasteiger partial charge >= 0.3 is 0 Å². The highest BCUT2D eigenvalue weighted by Crippen LogP contribution is 2.15. The number of hydrogen-bond acceptors (Lipinski definition) is 1. The van der Waals surface area contributed by atoms with Crippen molar-refractivity contribution in [3.8, 4) is 0 Å². The number of quaternary nitrogens is 1. The first-order chi connectivity index (χ1) is 6.08. The summed E-state index contributed by atoms with van der Waals surface area (Å²) in [6.45, 7) is 19.0. The molecule has 0 radical (unpaired) electrons. The largest absolute Gasteiger partial charge is 0.304 e. The molecule has 0 heterocycles. The van der Waals surface area contributed by atoms with Gasteiger partial charge in [0.25, 0.3) is 8.96 Å². The maximum Gasteiger partial charge on any atom is 0.283 e. The van der Waals surface area contributed by atoms with E-state index in [-0.39, 0.29) is 0 Å².